The molecule has 1 unspecified atom stereocenters. The maximum Gasteiger partial charge on any atom is 0.192 e. The van der Waals surface area contributed by atoms with Crippen molar-refractivity contribution in [2.45, 2.75) is 25.9 Å². The molecule has 0 spiro atoms. The van der Waals surface area contributed by atoms with Gasteiger partial charge in [-0.25, -0.2) is 0 Å². The molecular weight excluding hydrogens is 191 g/mol. The quantitative estimate of drug-likeness (QED) is 0.683. The SMILES string of the molecule is C=CCC1=C(C)C(O)CC1=C(F)Cl. The van der Waals surface area contributed by atoms with Gasteiger partial charge in [0.1, 0.15) is 0 Å². The molecule has 0 saturated carbocycles. The second-order valence-corrected chi connectivity index (χ2v) is 3.45. The van der Waals surface area contributed by atoms with E-state index >= 15 is 0 Å². The lowest BCUT2D eigenvalue weighted by atomic mass is 10.1. The van der Waals surface area contributed by atoms with Crippen molar-refractivity contribution in [3.63, 3.8) is 0 Å². The Hall–Kier alpha value is -0.600. The standard InChI is InChI=1S/C10H12ClFO/c1-3-4-7-6(2)9(13)5-8(7)10(11)12/h3,9,13H,1,4-5H2,2H3. The van der Waals surface area contributed by atoms with E-state index in [1.807, 2.05) is 0 Å². The van der Waals surface area contributed by atoms with Crippen LogP contribution in [0.1, 0.15) is 19.8 Å². The van der Waals surface area contributed by atoms with Crippen molar-refractivity contribution >= 4 is 11.6 Å². The van der Waals surface area contributed by atoms with Crippen LogP contribution in [0, 0.1) is 0 Å². The minimum atomic E-state index is -0.715. The molecule has 0 bridgehead atoms. The molecule has 0 fully saturated rings. The van der Waals surface area contributed by atoms with Gasteiger partial charge in [-0.3, -0.25) is 0 Å². The Morgan fingerprint density at radius 2 is 2.46 bits per heavy atom. The van der Waals surface area contributed by atoms with E-state index in [9.17, 15) is 9.50 Å². The zero-order chi connectivity index (χ0) is 10.0. The summed E-state index contributed by atoms with van der Waals surface area (Å²) in [4.78, 5) is 0. The highest BCUT2D eigenvalue weighted by molar-refractivity contribution is 6.28. The Kier molecular flexibility index (Phi) is 3.28. The first kappa shape index (κ1) is 10.5. The molecule has 0 amide bonds. The molecule has 1 N–H and O–H groups in total. The van der Waals surface area contributed by atoms with E-state index in [1.165, 1.54) is 0 Å². The van der Waals surface area contributed by atoms with Crippen molar-refractivity contribution in [3.8, 4) is 0 Å². The van der Waals surface area contributed by atoms with Crippen LogP contribution in [0.4, 0.5) is 4.39 Å². The van der Waals surface area contributed by atoms with Crippen molar-refractivity contribution in [3.05, 3.63) is 34.7 Å². The van der Waals surface area contributed by atoms with Crippen molar-refractivity contribution in [1.82, 2.24) is 0 Å². The fraction of sp³-hybridized carbons (Fsp3) is 0.400. The van der Waals surface area contributed by atoms with Gasteiger partial charge in [0.25, 0.3) is 0 Å². The highest BCUT2D eigenvalue weighted by Gasteiger charge is 2.26. The molecule has 72 valence electrons. The van der Waals surface area contributed by atoms with Crippen molar-refractivity contribution in [1.29, 1.82) is 0 Å². The minimum Gasteiger partial charge on any atom is -0.388 e. The number of hydrogen-bond acceptors (Lipinski definition) is 1. The van der Waals surface area contributed by atoms with Crippen LogP contribution >= 0.6 is 11.6 Å². The lowest BCUT2D eigenvalue weighted by Crippen LogP contribution is -2.01. The maximum absolute atomic E-state index is 12.8. The molecule has 13 heavy (non-hydrogen) atoms. The summed E-state index contributed by atoms with van der Waals surface area (Å²) in [5, 5.41) is 8.75. The van der Waals surface area contributed by atoms with E-state index in [4.69, 9.17) is 11.6 Å². The number of aliphatic hydroxyl groups is 1. The van der Waals surface area contributed by atoms with Crippen LogP contribution in [0.25, 0.3) is 0 Å². The van der Waals surface area contributed by atoms with Gasteiger partial charge in [0.2, 0.25) is 0 Å². The van der Waals surface area contributed by atoms with Crippen molar-refractivity contribution < 1.29 is 9.50 Å². The predicted molar refractivity (Wildman–Crippen MR) is 52.1 cm³/mol. The molecule has 1 aliphatic carbocycles. The van der Waals surface area contributed by atoms with Gasteiger partial charge >= 0.3 is 0 Å². The predicted octanol–water partition coefficient (Wildman–Crippen LogP) is 3.06. The number of rotatable bonds is 2. The molecule has 3 heteroatoms. The molecule has 1 rings (SSSR count). The van der Waals surface area contributed by atoms with Crippen LogP contribution in [0.15, 0.2) is 34.7 Å². The van der Waals surface area contributed by atoms with Crippen LogP contribution in [-0.4, -0.2) is 11.2 Å². The molecule has 0 saturated heterocycles. The van der Waals surface area contributed by atoms with Crippen LogP contribution in [-0.2, 0) is 0 Å². The highest BCUT2D eigenvalue weighted by atomic mass is 35.5. The fourth-order valence-electron chi connectivity index (χ4n) is 1.53. The fourth-order valence-corrected chi connectivity index (χ4v) is 1.72. The van der Waals surface area contributed by atoms with E-state index in [0.29, 0.717) is 12.0 Å². The summed E-state index contributed by atoms with van der Waals surface area (Å²) < 4.78 is 12.8. The summed E-state index contributed by atoms with van der Waals surface area (Å²) in [6.07, 6.45) is 1.92. The summed E-state index contributed by atoms with van der Waals surface area (Å²) in [5.41, 5.74) is 2.01. The largest absolute Gasteiger partial charge is 0.388 e. The highest BCUT2D eigenvalue weighted by Crippen LogP contribution is 2.37. The molecule has 0 aromatic rings. The lowest BCUT2D eigenvalue weighted by Gasteiger charge is -2.01. The molecule has 0 heterocycles. The topological polar surface area (TPSA) is 20.2 Å². The molecule has 0 aromatic carbocycles. The average molecular weight is 203 g/mol. The zero-order valence-corrected chi connectivity index (χ0v) is 8.24. The summed E-state index contributed by atoms with van der Waals surface area (Å²) in [7, 11) is 0. The Morgan fingerprint density at radius 1 is 1.85 bits per heavy atom. The molecule has 0 aliphatic heterocycles. The summed E-state index contributed by atoms with van der Waals surface area (Å²) in [6.45, 7) is 5.36. The van der Waals surface area contributed by atoms with Gasteiger partial charge in [0.05, 0.1) is 6.10 Å². The zero-order valence-electron chi connectivity index (χ0n) is 7.48. The molecule has 0 aromatic heterocycles. The smallest absolute Gasteiger partial charge is 0.192 e. The van der Waals surface area contributed by atoms with Crippen molar-refractivity contribution in [2.24, 2.45) is 0 Å². The van der Waals surface area contributed by atoms with Gasteiger partial charge in [-0.1, -0.05) is 17.7 Å². The van der Waals surface area contributed by atoms with Crippen LogP contribution in [0.3, 0.4) is 0 Å². The van der Waals surface area contributed by atoms with E-state index in [-0.39, 0.29) is 6.42 Å². The molecule has 1 atom stereocenters. The molecule has 1 aliphatic rings. The van der Waals surface area contributed by atoms with E-state index in [1.54, 1.807) is 13.0 Å². The first-order valence-corrected chi connectivity index (χ1v) is 4.48. The minimum absolute atomic E-state index is 0.282. The first-order valence-electron chi connectivity index (χ1n) is 4.11. The van der Waals surface area contributed by atoms with Gasteiger partial charge < -0.3 is 5.11 Å². The van der Waals surface area contributed by atoms with E-state index < -0.39 is 11.4 Å². The second-order valence-electron chi connectivity index (χ2n) is 3.11. The lowest BCUT2D eigenvalue weighted by molar-refractivity contribution is 0.218. The third-order valence-electron chi connectivity index (χ3n) is 2.31. The molecule has 1 nitrogen and oxygen atoms in total. The number of aliphatic hydroxyl groups excluding tert-OH is 1. The summed E-state index contributed by atoms with van der Waals surface area (Å²) >= 11 is 5.28. The average Bonchev–Trinajstić information content (AvgIpc) is 2.33. The third kappa shape index (κ3) is 2.01. The van der Waals surface area contributed by atoms with Gasteiger partial charge in [0, 0.05) is 12.0 Å². The van der Waals surface area contributed by atoms with Gasteiger partial charge in [-0.05, 0) is 24.5 Å². The molecular formula is C10H12ClFO. The summed E-state index contributed by atoms with van der Waals surface area (Å²) in [6, 6.07) is 0. The van der Waals surface area contributed by atoms with E-state index in [2.05, 4.69) is 6.58 Å². The van der Waals surface area contributed by atoms with Crippen LogP contribution < -0.4 is 0 Å². The van der Waals surface area contributed by atoms with E-state index in [0.717, 1.165) is 11.1 Å². The van der Waals surface area contributed by atoms with Gasteiger partial charge in [-0.2, -0.15) is 4.39 Å². The maximum atomic E-state index is 12.8. The Bertz CT molecular complexity index is 287. The molecule has 0 radical (unpaired) electrons. The van der Waals surface area contributed by atoms with Crippen LogP contribution in [0.2, 0.25) is 0 Å². The summed E-state index contributed by atoms with van der Waals surface area (Å²) in [5.74, 6) is 0. The Labute approximate surface area is 82.2 Å². The normalized spacial score (nSPS) is 26.6. The number of hydrogen-bond donors (Lipinski definition) is 1. The second kappa shape index (κ2) is 4.07. The third-order valence-corrected chi connectivity index (χ3v) is 2.54. The number of allylic oxidation sites excluding steroid dienone is 2. The monoisotopic (exact) mass is 202 g/mol. The Morgan fingerprint density at radius 3 is 2.92 bits per heavy atom. The first-order chi connectivity index (χ1) is 6.07. The van der Waals surface area contributed by atoms with Crippen LogP contribution in [0.5, 0.6) is 0 Å². The van der Waals surface area contributed by atoms with Crippen molar-refractivity contribution in [2.75, 3.05) is 0 Å². The van der Waals surface area contributed by atoms with Gasteiger partial charge in [-0.15, -0.1) is 6.58 Å². The Balaban J connectivity index is 3.07. The van der Waals surface area contributed by atoms with Gasteiger partial charge in [0.15, 0.2) is 5.29 Å². The number of halogens is 2.